The summed E-state index contributed by atoms with van der Waals surface area (Å²) in [6, 6.07) is 6.24. The predicted molar refractivity (Wildman–Crippen MR) is 56.5 cm³/mol. The molecule has 0 bridgehead atoms. The van der Waals surface area contributed by atoms with E-state index in [9.17, 15) is 10.1 Å². The molecule has 0 heterocycles. The van der Waals surface area contributed by atoms with E-state index in [1.165, 1.54) is 19.1 Å². The second kappa shape index (κ2) is 4.75. The van der Waals surface area contributed by atoms with Crippen LogP contribution in [0.3, 0.4) is 0 Å². The Morgan fingerprint density at radius 3 is 2.87 bits per heavy atom. The standard InChI is InChI=1S/C9H7BrN2O3/c1-6(5-11)15-9-3-2-7(10)4-8(9)12(13)14/h2-4,6H,1H3. The van der Waals surface area contributed by atoms with Crippen LogP contribution in [0.4, 0.5) is 5.69 Å². The molecule has 0 radical (unpaired) electrons. The lowest BCUT2D eigenvalue weighted by Crippen LogP contribution is -2.09. The van der Waals surface area contributed by atoms with Gasteiger partial charge in [-0.3, -0.25) is 10.1 Å². The van der Waals surface area contributed by atoms with E-state index in [1.807, 2.05) is 6.07 Å². The Bertz CT molecular complexity index is 428. The lowest BCUT2D eigenvalue weighted by molar-refractivity contribution is -0.386. The zero-order chi connectivity index (χ0) is 11.4. The van der Waals surface area contributed by atoms with E-state index in [0.717, 1.165) is 0 Å². The largest absolute Gasteiger partial charge is 0.469 e. The van der Waals surface area contributed by atoms with E-state index in [-0.39, 0.29) is 11.4 Å². The molecule has 5 nitrogen and oxygen atoms in total. The molecule has 78 valence electrons. The minimum absolute atomic E-state index is 0.0947. The van der Waals surface area contributed by atoms with Crippen LogP contribution in [0.1, 0.15) is 6.92 Å². The number of hydrogen-bond donors (Lipinski definition) is 0. The molecule has 0 saturated carbocycles. The van der Waals surface area contributed by atoms with Crippen molar-refractivity contribution in [1.82, 2.24) is 0 Å². The summed E-state index contributed by atoms with van der Waals surface area (Å²) in [7, 11) is 0. The first-order valence-corrected chi connectivity index (χ1v) is 4.84. The Kier molecular flexibility index (Phi) is 3.63. The Morgan fingerprint density at radius 1 is 1.67 bits per heavy atom. The molecular formula is C9H7BrN2O3. The quantitative estimate of drug-likeness (QED) is 0.625. The summed E-state index contributed by atoms with van der Waals surface area (Å²) in [5.41, 5.74) is -0.161. The maximum atomic E-state index is 10.7. The van der Waals surface area contributed by atoms with Crippen molar-refractivity contribution in [2.24, 2.45) is 0 Å². The highest BCUT2D eigenvalue weighted by molar-refractivity contribution is 9.10. The number of benzene rings is 1. The van der Waals surface area contributed by atoms with Crippen LogP contribution in [0.25, 0.3) is 0 Å². The van der Waals surface area contributed by atoms with E-state index in [1.54, 1.807) is 6.07 Å². The summed E-state index contributed by atoms with van der Waals surface area (Å²) in [4.78, 5) is 10.1. The van der Waals surface area contributed by atoms with Gasteiger partial charge in [-0.25, -0.2) is 0 Å². The van der Waals surface area contributed by atoms with Gasteiger partial charge in [-0.1, -0.05) is 15.9 Å². The van der Waals surface area contributed by atoms with Gasteiger partial charge in [0.05, 0.1) is 4.92 Å². The van der Waals surface area contributed by atoms with Gasteiger partial charge in [0.2, 0.25) is 0 Å². The van der Waals surface area contributed by atoms with Gasteiger partial charge in [-0.15, -0.1) is 0 Å². The molecule has 0 spiro atoms. The molecular weight excluding hydrogens is 264 g/mol. The number of rotatable bonds is 3. The van der Waals surface area contributed by atoms with E-state index in [4.69, 9.17) is 10.00 Å². The molecule has 0 aromatic heterocycles. The fourth-order valence-electron chi connectivity index (χ4n) is 0.950. The third-order valence-electron chi connectivity index (χ3n) is 1.60. The fourth-order valence-corrected chi connectivity index (χ4v) is 1.30. The number of ether oxygens (including phenoxy) is 1. The molecule has 0 amide bonds. The highest BCUT2D eigenvalue weighted by atomic mass is 79.9. The molecule has 15 heavy (non-hydrogen) atoms. The first-order chi connectivity index (χ1) is 7.04. The highest BCUT2D eigenvalue weighted by Gasteiger charge is 2.17. The predicted octanol–water partition coefficient (Wildman–Crippen LogP) is 2.65. The lowest BCUT2D eigenvalue weighted by Gasteiger charge is -2.07. The number of nitriles is 1. The van der Waals surface area contributed by atoms with Crippen molar-refractivity contribution in [3.05, 3.63) is 32.8 Å². The van der Waals surface area contributed by atoms with E-state index in [0.29, 0.717) is 4.47 Å². The molecule has 0 N–H and O–H groups in total. The van der Waals surface area contributed by atoms with Crippen molar-refractivity contribution in [2.45, 2.75) is 13.0 Å². The van der Waals surface area contributed by atoms with Crippen LogP contribution in [-0.4, -0.2) is 11.0 Å². The number of nitro benzene ring substituents is 1. The third-order valence-corrected chi connectivity index (χ3v) is 2.10. The number of halogens is 1. The van der Waals surface area contributed by atoms with Gasteiger partial charge < -0.3 is 4.74 Å². The second-order valence-corrected chi connectivity index (χ2v) is 3.67. The van der Waals surface area contributed by atoms with Crippen molar-refractivity contribution in [1.29, 1.82) is 5.26 Å². The van der Waals surface area contributed by atoms with Gasteiger partial charge in [0.15, 0.2) is 11.9 Å². The van der Waals surface area contributed by atoms with E-state index in [2.05, 4.69) is 15.9 Å². The van der Waals surface area contributed by atoms with Crippen molar-refractivity contribution in [2.75, 3.05) is 0 Å². The first kappa shape index (κ1) is 11.5. The van der Waals surface area contributed by atoms with Crippen LogP contribution in [0.15, 0.2) is 22.7 Å². The van der Waals surface area contributed by atoms with Gasteiger partial charge in [0, 0.05) is 10.5 Å². The maximum absolute atomic E-state index is 10.7. The molecule has 0 fully saturated rings. The van der Waals surface area contributed by atoms with Gasteiger partial charge in [0.25, 0.3) is 0 Å². The first-order valence-electron chi connectivity index (χ1n) is 4.05. The van der Waals surface area contributed by atoms with Gasteiger partial charge in [-0.2, -0.15) is 5.26 Å². The Labute approximate surface area is 94.6 Å². The van der Waals surface area contributed by atoms with Crippen molar-refractivity contribution in [3.63, 3.8) is 0 Å². The minimum Gasteiger partial charge on any atom is -0.469 e. The minimum atomic E-state index is -0.718. The fraction of sp³-hybridized carbons (Fsp3) is 0.222. The zero-order valence-corrected chi connectivity index (χ0v) is 9.39. The number of nitro groups is 1. The Morgan fingerprint density at radius 2 is 2.33 bits per heavy atom. The summed E-state index contributed by atoms with van der Waals surface area (Å²) in [6.07, 6.45) is -0.718. The van der Waals surface area contributed by atoms with Gasteiger partial charge in [0.1, 0.15) is 6.07 Å². The summed E-state index contributed by atoms with van der Waals surface area (Å²) in [5.74, 6) is 0.0947. The summed E-state index contributed by atoms with van der Waals surface area (Å²) >= 11 is 3.12. The van der Waals surface area contributed by atoms with Crippen LogP contribution in [-0.2, 0) is 0 Å². The maximum Gasteiger partial charge on any atom is 0.312 e. The summed E-state index contributed by atoms with van der Waals surface area (Å²) < 4.78 is 5.68. The number of nitrogens with zero attached hydrogens (tertiary/aromatic N) is 2. The SMILES string of the molecule is CC(C#N)Oc1ccc(Br)cc1[N+](=O)[O-]. The van der Waals surface area contributed by atoms with Crippen molar-refractivity contribution < 1.29 is 9.66 Å². The summed E-state index contributed by atoms with van der Waals surface area (Å²) in [6.45, 7) is 1.52. The van der Waals surface area contributed by atoms with Crippen LogP contribution < -0.4 is 4.74 Å². The molecule has 1 aromatic rings. The van der Waals surface area contributed by atoms with Crippen molar-refractivity contribution >= 4 is 21.6 Å². The second-order valence-electron chi connectivity index (χ2n) is 2.76. The van der Waals surface area contributed by atoms with Crippen molar-refractivity contribution in [3.8, 4) is 11.8 Å². The number of hydrogen-bond acceptors (Lipinski definition) is 4. The molecule has 1 atom stereocenters. The lowest BCUT2D eigenvalue weighted by atomic mass is 10.3. The molecule has 0 aliphatic rings. The molecule has 0 saturated heterocycles. The van der Waals surface area contributed by atoms with E-state index < -0.39 is 11.0 Å². The topological polar surface area (TPSA) is 76.2 Å². The normalized spacial score (nSPS) is 11.5. The molecule has 1 unspecified atom stereocenters. The molecule has 0 aliphatic heterocycles. The molecule has 1 rings (SSSR count). The highest BCUT2D eigenvalue weighted by Crippen LogP contribution is 2.30. The molecule has 0 aliphatic carbocycles. The van der Waals surface area contributed by atoms with Crippen LogP contribution >= 0.6 is 15.9 Å². The van der Waals surface area contributed by atoms with E-state index >= 15 is 0 Å². The smallest absolute Gasteiger partial charge is 0.312 e. The monoisotopic (exact) mass is 270 g/mol. The van der Waals surface area contributed by atoms with Gasteiger partial charge in [-0.05, 0) is 19.1 Å². The van der Waals surface area contributed by atoms with Crippen LogP contribution in [0.5, 0.6) is 5.75 Å². The van der Waals surface area contributed by atoms with Gasteiger partial charge >= 0.3 is 5.69 Å². The average Bonchev–Trinajstić information content (AvgIpc) is 2.20. The molecule has 6 heteroatoms. The van der Waals surface area contributed by atoms with Crippen LogP contribution in [0, 0.1) is 21.4 Å². The third kappa shape index (κ3) is 2.92. The zero-order valence-electron chi connectivity index (χ0n) is 7.81. The van der Waals surface area contributed by atoms with Crippen LogP contribution in [0.2, 0.25) is 0 Å². The Hall–Kier alpha value is -1.61. The average molecular weight is 271 g/mol. The summed E-state index contributed by atoms with van der Waals surface area (Å²) in [5, 5.41) is 19.2. The Balaban J connectivity index is 3.07. The molecule has 1 aromatic carbocycles.